The van der Waals surface area contributed by atoms with Gasteiger partial charge >= 0.3 is 0 Å². The lowest BCUT2D eigenvalue weighted by Crippen LogP contribution is -2.51. The lowest BCUT2D eigenvalue weighted by Gasteiger charge is -2.37. The number of sulfonamides is 1. The summed E-state index contributed by atoms with van der Waals surface area (Å²) in [6.45, 7) is 2.68. The number of hydrogen-bond donors (Lipinski definition) is 2. The zero-order chi connectivity index (χ0) is 20.9. The Hall–Kier alpha value is -2.22. The number of carbonyl (C=O) groups is 1. The molecule has 0 unspecified atom stereocenters. The highest BCUT2D eigenvalue weighted by atomic mass is 32.2. The van der Waals surface area contributed by atoms with Crippen LogP contribution in [0.15, 0.2) is 54.6 Å². The van der Waals surface area contributed by atoms with Crippen LogP contribution in [-0.2, 0) is 10.0 Å². The van der Waals surface area contributed by atoms with Crippen molar-refractivity contribution in [2.24, 2.45) is 5.73 Å². The van der Waals surface area contributed by atoms with E-state index in [2.05, 4.69) is 5.32 Å². The summed E-state index contributed by atoms with van der Waals surface area (Å²) >= 11 is 0. The molecule has 0 saturated carbocycles. The third kappa shape index (κ3) is 5.44. The maximum atomic E-state index is 12.6. The largest absolute Gasteiger partial charge is 0.349 e. The Bertz CT molecular complexity index is 914. The molecule has 0 aromatic heterocycles. The Balaban J connectivity index is 1.58. The van der Waals surface area contributed by atoms with Crippen LogP contribution in [0.1, 0.15) is 36.5 Å². The van der Waals surface area contributed by atoms with Crippen LogP contribution in [0.2, 0.25) is 0 Å². The topological polar surface area (TPSA) is 92.5 Å². The van der Waals surface area contributed by atoms with Gasteiger partial charge in [-0.25, -0.2) is 8.42 Å². The minimum absolute atomic E-state index is 0.0349. The second-order valence-corrected chi connectivity index (χ2v) is 9.60. The van der Waals surface area contributed by atoms with Crippen molar-refractivity contribution in [3.8, 4) is 11.1 Å². The van der Waals surface area contributed by atoms with Crippen molar-refractivity contribution < 1.29 is 13.2 Å². The molecule has 1 fully saturated rings. The highest BCUT2D eigenvalue weighted by Gasteiger charge is 2.33. The van der Waals surface area contributed by atoms with E-state index in [4.69, 9.17) is 5.73 Å². The first-order chi connectivity index (χ1) is 13.9. The van der Waals surface area contributed by atoms with Gasteiger partial charge in [-0.1, -0.05) is 42.5 Å². The van der Waals surface area contributed by atoms with Crippen molar-refractivity contribution in [1.82, 2.24) is 9.62 Å². The lowest BCUT2D eigenvalue weighted by atomic mass is 9.99. The number of hydrogen-bond acceptors (Lipinski definition) is 4. The smallest absolute Gasteiger partial charge is 0.251 e. The van der Waals surface area contributed by atoms with E-state index in [0.717, 1.165) is 11.1 Å². The first-order valence-electron chi connectivity index (χ1n) is 10.1. The van der Waals surface area contributed by atoms with Crippen LogP contribution in [0.4, 0.5) is 0 Å². The van der Waals surface area contributed by atoms with Gasteiger partial charge in [0.2, 0.25) is 10.0 Å². The summed E-state index contributed by atoms with van der Waals surface area (Å²) in [5.41, 5.74) is 8.22. The van der Waals surface area contributed by atoms with Gasteiger partial charge in [-0.15, -0.1) is 0 Å². The van der Waals surface area contributed by atoms with Crippen LogP contribution in [0.25, 0.3) is 11.1 Å². The maximum absolute atomic E-state index is 12.6. The number of amides is 1. The highest BCUT2D eigenvalue weighted by molar-refractivity contribution is 7.89. The number of piperidine rings is 1. The van der Waals surface area contributed by atoms with Crippen molar-refractivity contribution in [1.29, 1.82) is 0 Å². The Morgan fingerprint density at radius 1 is 1.10 bits per heavy atom. The Morgan fingerprint density at radius 2 is 1.76 bits per heavy atom. The molecule has 0 spiro atoms. The van der Waals surface area contributed by atoms with Gasteiger partial charge < -0.3 is 11.1 Å². The van der Waals surface area contributed by atoms with Crippen LogP contribution >= 0.6 is 0 Å². The molecule has 7 heteroatoms. The lowest BCUT2D eigenvalue weighted by molar-refractivity contribution is 0.0914. The van der Waals surface area contributed by atoms with E-state index in [9.17, 15) is 13.2 Å². The van der Waals surface area contributed by atoms with Crippen molar-refractivity contribution >= 4 is 15.9 Å². The Labute approximate surface area is 173 Å². The molecule has 6 nitrogen and oxygen atoms in total. The second kappa shape index (κ2) is 9.52. The molecule has 2 aromatic rings. The fraction of sp³-hybridized carbons (Fsp3) is 0.409. The monoisotopic (exact) mass is 415 g/mol. The van der Waals surface area contributed by atoms with E-state index in [1.54, 1.807) is 4.31 Å². The predicted octanol–water partition coefficient (Wildman–Crippen LogP) is 2.61. The molecule has 1 saturated heterocycles. The minimum Gasteiger partial charge on any atom is -0.349 e. The van der Waals surface area contributed by atoms with Crippen LogP contribution < -0.4 is 11.1 Å². The highest BCUT2D eigenvalue weighted by Crippen LogP contribution is 2.23. The molecule has 2 aromatic carbocycles. The van der Waals surface area contributed by atoms with Crippen LogP contribution in [0, 0.1) is 0 Å². The Kier molecular flexibility index (Phi) is 7.05. The fourth-order valence-electron chi connectivity index (χ4n) is 3.79. The van der Waals surface area contributed by atoms with Crippen LogP contribution in [0.3, 0.4) is 0 Å². The van der Waals surface area contributed by atoms with Gasteiger partial charge in [0.15, 0.2) is 0 Å². The summed E-state index contributed by atoms with van der Waals surface area (Å²) in [5.74, 6) is -0.0419. The van der Waals surface area contributed by atoms with E-state index in [0.29, 0.717) is 37.9 Å². The van der Waals surface area contributed by atoms with E-state index < -0.39 is 10.0 Å². The van der Waals surface area contributed by atoms with Gasteiger partial charge in [0.05, 0.1) is 5.75 Å². The third-order valence-electron chi connectivity index (χ3n) is 5.37. The Morgan fingerprint density at radius 3 is 2.38 bits per heavy atom. The molecule has 3 N–H and O–H groups in total. The molecule has 1 heterocycles. The molecule has 1 aliphatic rings. The molecule has 0 radical (unpaired) electrons. The number of rotatable bonds is 7. The summed E-state index contributed by atoms with van der Waals surface area (Å²) in [6.07, 6.45) is 1.68. The predicted molar refractivity (Wildman–Crippen MR) is 116 cm³/mol. The SMILES string of the molecule is C[C@H]1C[C@@H](NC(=O)c2ccc(-c3ccccc3)cc2)CCN1S(=O)(=O)CCCN. The van der Waals surface area contributed by atoms with Gasteiger partial charge in [-0.2, -0.15) is 4.31 Å². The zero-order valence-electron chi connectivity index (χ0n) is 16.8. The number of nitrogens with one attached hydrogen (secondary N) is 1. The second-order valence-electron chi connectivity index (χ2n) is 7.56. The average molecular weight is 416 g/mol. The molecule has 3 rings (SSSR count). The molecule has 29 heavy (non-hydrogen) atoms. The van der Waals surface area contributed by atoms with E-state index >= 15 is 0 Å². The van der Waals surface area contributed by atoms with Crippen LogP contribution in [-0.4, -0.2) is 49.6 Å². The normalized spacial score (nSPS) is 20.3. The molecule has 0 aliphatic carbocycles. The first kappa shape index (κ1) is 21.5. The van der Waals surface area contributed by atoms with Gasteiger partial charge in [0.25, 0.3) is 5.91 Å². The summed E-state index contributed by atoms with van der Waals surface area (Å²) in [7, 11) is -3.29. The standard InChI is InChI=1S/C22H29N3O3S/c1-17-16-21(12-14-25(17)29(27,28)15-5-13-23)24-22(26)20-10-8-19(9-11-20)18-6-3-2-4-7-18/h2-4,6-11,17,21H,5,12-16,23H2,1H3,(H,24,26)/t17-,21-/m0/s1. The molecule has 0 bridgehead atoms. The summed E-state index contributed by atoms with van der Waals surface area (Å²) in [6, 6.07) is 17.4. The first-order valence-corrected chi connectivity index (χ1v) is 11.7. The van der Waals surface area contributed by atoms with E-state index in [-0.39, 0.29) is 23.7 Å². The van der Waals surface area contributed by atoms with Gasteiger partial charge in [-0.3, -0.25) is 4.79 Å². The number of benzene rings is 2. The van der Waals surface area contributed by atoms with Gasteiger partial charge in [0.1, 0.15) is 0 Å². The van der Waals surface area contributed by atoms with Crippen molar-refractivity contribution in [2.75, 3.05) is 18.8 Å². The van der Waals surface area contributed by atoms with Crippen molar-refractivity contribution in [2.45, 2.75) is 38.3 Å². The van der Waals surface area contributed by atoms with E-state index in [1.807, 2.05) is 61.5 Å². The molecular formula is C22H29N3O3S. The summed E-state index contributed by atoms with van der Waals surface area (Å²) in [5, 5.41) is 3.06. The molecule has 1 aliphatic heterocycles. The summed E-state index contributed by atoms with van der Waals surface area (Å²) in [4.78, 5) is 12.6. The maximum Gasteiger partial charge on any atom is 0.251 e. The number of nitrogens with zero attached hydrogens (tertiary/aromatic N) is 1. The molecule has 1 amide bonds. The molecule has 156 valence electrons. The zero-order valence-corrected chi connectivity index (χ0v) is 17.6. The quantitative estimate of drug-likeness (QED) is 0.727. The molecular weight excluding hydrogens is 386 g/mol. The van der Waals surface area contributed by atoms with Gasteiger partial charge in [0, 0.05) is 24.2 Å². The third-order valence-corrected chi connectivity index (χ3v) is 7.43. The average Bonchev–Trinajstić information content (AvgIpc) is 2.73. The number of carbonyl (C=O) groups excluding carboxylic acids is 1. The summed E-state index contributed by atoms with van der Waals surface area (Å²) < 4.78 is 26.4. The van der Waals surface area contributed by atoms with Gasteiger partial charge in [-0.05, 0) is 56.0 Å². The van der Waals surface area contributed by atoms with Crippen LogP contribution in [0.5, 0.6) is 0 Å². The minimum atomic E-state index is -3.29. The van der Waals surface area contributed by atoms with E-state index in [1.165, 1.54) is 0 Å². The molecule has 2 atom stereocenters. The van der Waals surface area contributed by atoms with Crippen molar-refractivity contribution in [3.05, 3.63) is 60.2 Å². The number of nitrogens with two attached hydrogens (primary N) is 1. The van der Waals surface area contributed by atoms with Crippen molar-refractivity contribution in [3.63, 3.8) is 0 Å². The fourth-order valence-corrected chi connectivity index (χ4v) is 5.58.